The third-order valence-corrected chi connectivity index (χ3v) is 4.57. The lowest BCUT2D eigenvalue weighted by Crippen LogP contribution is -2.25. The van der Waals surface area contributed by atoms with E-state index in [1.807, 2.05) is 0 Å². The summed E-state index contributed by atoms with van der Waals surface area (Å²) in [4.78, 5) is 11.1. The summed E-state index contributed by atoms with van der Waals surface area (Å²) >= 11 is 0. The molecule has 2 fully saturated rings. The molecule has 2 bridgehead atoms. The molecule has 0 aromatic rings. The molecule has 13 heavy (non-hydrogen) atoms. The standard InChI is InChI=1S/C11H18O2/c1-8(2)10-3-5-11(7-10,6-4-10)9(12)13/h8H,3-7H2,1-2H3,(H,12,13). The van der Waals surface area contributed by atoms with Crippen molar-refractivity contribution in [2.24, 2.45) is 16.7 Å². The van der Waals surface area contributed by atoms with E-state index in [2.05, 4.69) is 13.8 Å². The first-order chi connectivity index (χ1) is 6.01. The molecule has 2 nitrogen and oxygen atoms in total. The van der Waals surface area contributed by atoms with Gasteiger partial charge in [-0.25, -0.2) is 0 Å². The van der Waals surface area contributed by atoms with Gasteiger partial charge in [-0.05, 0) is 43.4 Å². The first kappa shape index (κ1) is 9.04. The highest BCUT2D eigenvalue weighted by molar-refractivity contribution is 5.75. The van der Waals surface area contributed by atoms with E-state index in [4.69, 9.17) is 0 Å². The Balaban J connectivity index is 2.24. The number of fused-ring (bicyclic) bond motifs is 2. The molecule has 0 aliphatic heterocycles. The quantitative estimate of drug-likeness (QED) is 0.713. The number of hydrogen-bond donors (Lipinski definition) is 1. The van der Waals surface area contributed by atoms with Gasteiger partial charge in [-0.3, -0.25) is 4.79 Å². The molecule has 0 amide bonds. The normalized spacial score (nSPS) is 43.0. The van der Waals surface area contributed by atoms with Gasteiger partial charge in [-0.1, -0.05) is 13.8 Å². The Hall–Kier alpha value is -0.530. The van der Waals surface area contributed by atoms with E-state index in [0.717, 1.165) is 32.1 Å². The summed E-state index contributed by atoms with van der Waals surface area (Å²) < 4.78 is 0. The van der Waals surface area contributed by atoms with Crippen LogP contribution in [-0.2, 0) is 4.79 Å². The Kier molecular flexibility index (Phi) is 1.73. The molecule has 2 heteroatoms. The van der Waals surface area contributed by atoms with E-state index in [-0.39, 0.29) is 5.41 Å². The third-order valence-electron chi connectivity index (χ3n) is 4.57. The summed E-state index contributed by atoms with van der Waals surface area (Å²) in [5.74, 6) is 0.101. The van der Waals surface area contributed by atoms with Crippen LogP contribution >= 0.6 is 0 Å². The van der Waals surface area contributed by atoms with Gasteiger partial charge in [-0.2, -0.15) is 0 Å². The molecule has 0 spiro atoms. The van der Waals surface area contributed by atoms with E-state index in [1.165, 1.54) is 0 Å². The smallest absolute Gasteiger partial charge is 0.309 e. The first-order valence-corrected chi connectivity index (χ1v) is 5.24. The van der Waals surface area contributed by atoms with E-state index in [9.17, 15) is 9.90 Å². The lowest BCUT2D eigenvalue weighted by atomic mass is 9.75. The second kappa shape index (κ2) is 2.49. The maximum Gasteiger partial charge on any atom is 0.309 e. The highest BCUT2D eigenvalue weighted by Crippen LogP contribution is 2.64. The van der Waals surface area contributed by atoms with E-state index >= 15 is 0 Å². The molecule has 1 N–H and O–H groups in total. The summed E-state index contributed by atoms with van der Waals surface area (Å²) in [7, 11) is 0. The Morgan fingerprint density at radius 1 is 1.23 bits per heavy atom. The van der Waals surface area contributed by atoms with Crippen molar-refractivity contribution in [3.05, 3.63) is 0 Å². The number of rotatable bonds is 2. The molecule has 74 valence electrons. The fourth-order valence-electron chi connectivity index (χ4n) is 3.32. The monoisotopic (exact) mass is 182 g/mol. The van der Waals surface area contributed by atoms with Crippen molar-refractivity contribution in [1.82, 2.24) is 0 Å². The van der Waals surface area contributed by atoms with Gasteiger partial charge in [0.15, 0.2) is 0 Å². The van der Waals surface area contributed by atoms with Gasteiger partial charge in [-0.15, -0.1) is 0 Å². The summed E-state index contributed by atoms with van der Waals surface area (Å²) in [5, 5.41) is 9.19. The second-order valence-electron chi connectivity index (χ2n) is 5.28. The molecule has 2 aliphatic rings. The summed E-state index contributed by atoms with van der Waals surface area (Å²) in [5.41, 5.74) is 0.0443. The van der Waals surface area contributed by atoms with Crippen LogP contribution in [-0.4, -0.2) is 11.1 Å². The molecule has 0 aromatic heterocycles. The molecule has 2 rings (SSSR count). The zero-order chi connectivity index (χ0) is 9.69. The molecule has 2 saturated carbocycles. The van der Waals surface area contributed by atoms with Crippen LogP contribution in [0, 0.1) is 16.7 Å². The molecule has 0 unspecified atom stereocenters. The number of carboxylic acid groups (broad SMARTS) is 1. The molecule has 0 radical (unpaired) electrons. The number of carbonyl (C=O) groups is 1. The average Bonchev–Trinajstić information content (AvgIpc) is 2.61. The maximum absolute atomic E-state index is 11.1. The molecule has 0 heterocycles. The SMILES string of the molecule is CC(C)C12CCC(C(=O)O)(CC1)C2. The fourth-order valence-corrected chi connectivity index (χ4v) is 3.32. The zero-order valence-electron chi connectivity index (χ0n) is 8.47. The Labute approximate surface area is 79.3 Å². The van der Waals surface area contributed by atoms with Gasteiger partial charge >= 0.3 is 5.97 Å². The lowest BCUT2D eigenvalue weighted by Gasteiger charge is -2.30. The maximum atomic E-state index is 11.1. The van der Waals surface area contributed by atoms with Gasteiger partial charge in [0.25, 0.3) is 0 Å². The van der Waals surface area contributed by atoms with Crippen molar-refractivity contribution in [3.8, 4) is 0 Å². The van der Waals surface area contributed by atoms with E-state index in [0.29, 0.717) is 11.3 Å². The third kappa shape index (κ3) is 1.04. The van der Waals surface area contributed by atoms with Crippen molar-refractivity contribution >= 4 is 5.97 Å². The Morgan fingerprint density at radius 3 is 2.00 bits per heavy atom. The molecule has 0 saturated heterocycles. The van der Waals surface area contributed by atoms with Crippen LogP contribution in [0.15, 0.2) is 0 Å². The van der Waals surface area contributed by atoms with Gasteiger partial charge in [0, 0.05) is 0 Å². The summed E-state index contributed by atoms with van der Waals surface area (Å²) in [6, 6.07) is 0. The van der Waals surface area contributed by atoms with Crippen molar-refractivity contribution < 1.29 is 9.90 Å². The number of hydrogen-bond acceptors (Lipinski definition) is 1. The minimum atomic E-state index is -0.549. The molecule has 0 aromatic carbocycles. The summed E-state index contributed by atoms with van der Waals surface area (Å²) in [6.45, 7) is 4.48. The zero-order valence-corrected chi connectivity index (χ0v) is 8.47. The van der Waals surface area contributed by atoms with Crippen LogP contribution in [0.5, 0.6) is 0 Å². The van der Waals surface area contributed by atoms with Crippen molar-refractivity contribution in [2.75, 3.05) is 0 Å². The Bertz CT molecular complexity index is 234. The van der Waals surface area contributed by atoms with Gasteiger partial charge < -0.3 is 5.11 Å². The number of aliphatic carboxylic acids is 1. The van der Waals surface area contributed by atoms with Crippen LogP contribution in [0.1, 0.15) is 46.0 Å². The highest BCUT2D eigenvalue weighted by atomic mass is 16.4. The van der Waals surface area contributed by atoms with Crippen molar-refractivity contribution in [2.45, 2.75) is 46.0 Å². The fraction of sp³-hybridized carbons (Fsp3) is 0.909. The van der Waals surface area contributed by atoms with E-state index in [1.54, 1.807) is 0 Å². The largest absolute Gasteiger partial charge is 0.481 e. The van der Waals surface area contributed by atoms with Crippen LogP contribution < -0.4 is 0 Å². The van der Waals surface area contributed by atoms with Crippen molar-refractivity contribution in [3.63, 3.8) is 0 Å². The van der Waals surface area contributed by atoms with Crippen LogP contribution in [0.25, 0.3) is 0 Å². The highest BCUT2D eigenvalue weighted by Gasteiger charge is 2.58. The predicted octanol–water partition coefficient (Wildman–Crippen LogP) is 2.68. The lowest BCUT2D eigenvalue weighted by molar-refractivity contribution is -0.148. The van der Waals surface area contributed by atoms with Crippen molar-refractivity contribution in [1.29, 1.82) is 0 Å². The minimum Gasteiger partial charge on any atom is -0.481 e. The topological polar surface area (TPSA) is 37.3 Å². The summed E-state index contributed by atoms with van der Waals surface area (Å²) in [6.07, 6.45) is 5.04. The molecular weight excluding hydrogens is 164 g/mol. The molecule has 2 aliphatic carbocycles. The average molecular weight is 182 g/mol. The van der Waals surface area contributed by atoms with Gasteiger partial charge in [0.1, 0.15) is 0 Å². The predicted molar refractivity (Wildman–Crippen MR) is 50.4 cm³/mol. The second-order valence-corrected chi connectivity index (χ2v) is 5.28. The van der Waals surface area contributed by atoms with Gasteiger partial charge in [0.05, 0.1) is 5.41 Å². The minimum absolute atomic E-state index is 0.329. The Morgan fingerprint density at radius 2 is 1.77 bits per heavy atom. The molecular formula is C11H18O2. The number of carboxylic acids is 1. The molecule has 0 atom stereocenters. The van der Waals surface area contributed by atoms with E-state index < -0.39 is 5.97 Å². The van der Waals surface area contributed by atoms with Gasteiger partial charge in [0.2, 0.25) is 0 Å². The van der Waals surface area contributed by atoms with Crippen LogP contribution in [0.4, 0.5) is 0 Å². The van der Waals surface area contributed by atoms with Crippen LogP contribution in [0.3, 0.4) is 0 Å². The van der Waals surface area contributed by atoms with Crippen LogP contribution in [0.2, 0.25) is 0 Å². The first-order valence-electron chi connectivity index (χ1n) is 5.24.